The fourth-order valence-electron chi connectivity index (χ4n) is 1.49. The van der Waals surface area contributed by atoms with Crippen LogP contribution >= 0.6 is 0 Å². The van der Waals surface area contributed by atoms with Crippen molar-refractivity contribution in [2.45, 2.75) is 33.3 Å². The first-order chi connectivity index (χ1) is 7.13. The van der Waals surface area contributed by atoms with Gasteiger partial charge in [-0.1, -0.05) is 17.7 Å². The third-order valence-electron chi connectivity index (χ3n) is 2.39. The summed E-state index contributed by atoms with van der Waals surface area (Å²) >= 11 is 0. The molecular weight excluding hydrogens is 188 g/mol. The number of methoxy groups -OCH3 is 1. The molecule has 0 bridgehead atoms. The number of hydrogen-bond donors (Lipinski definition) is 0. The second-order valence-corrected chi connectivity index (χ2v) is 3.98. The molecule has 0 spiro atoms. The van der Waals surface area contributed by atoms with Gasteiger partial charge in [-0.25, -0.2) is 0 Å². The lowest BCUT2D eigenvalue weighted by molar-refractivity contribution is 0.135. The van der Waals surface area contributed by atoms with Gasteiger partial charge in [0.15, 0.2) is 0 Å². The average Bonchev–Trinajstić information content (AvgIpc) is 2.19. The molecule has 15 heavy (non-hydrogen) atoms. The summed E-state index contributed by atoms with van der Waals surface area (Å²) < 4.78 is 10.8. The summed E-state index contributed by atoms with van der Waals surface area (Å²) in [5, 5.41) is 0. The quantitative estimate of drug-likeness (QED) is 0.740. The van der Waals surface area contributed by atoms with Crippen molar-refractivity contribution in [3.05, 3.63) is 29.3 Å². The van der Waals surface area contributed by atoms with E-state index in [0.29, 0.717) is 0 Å². The summed E-state index contributed by atoms with van der Waals surface area (Å²) in [5.74, 6) is 0.976. The lowest BCUT2D eigenvalue weighted by Crippen LogP contribution is -2.14. The van der Waals surface area contributed by atoms with E-state index in [1.807, 2.05) is 6.07 Å². The van der Waals surface area contributed by atoms with Gasteiger partial charge in [-0.15, -0.1) is 0 Å². The van der Waals surface area contributed by atoms with E-state index >= 15 is 0 Å². The SMILES string of the molecule is COCCC(C)Oc1ccc(C)cc1C. The molecule has 0 saturated carbocycles. The first kappa shape index (κ1) is 12.1. The Hall–Kier alpha value is -1.02. The number of benzene rings is 1. The van der Waals surface area contributed by atoms with Crippen LogP contribution in [-0.2, 0) is 4.74 Å². The highest BCUT2D eigenvalue weighted by Gasteiger charge is 2.05. The summed E-state index contributed by atoms with van der Waals surface area (Å²) in [7, 11) is 1.71. The molecule has 0 N–H and O–H groups in total. The van der Waals surface area contributed by atoms with Crippen molar-refractivity contribution in [1.29, 1.82) is 0 Å². The highest BCUT2D eigenvalue weighted by Crippen LogP contribution is 2.20. The highest BCUT2D eigenvalue weighted by molar-refractivity contribution is 5.35. The van der Waals surface area contributed by atoms with Crippen LogP contribution in [0.4, 0.5) is 0 Å². The predicted octanol–water partition coefficient (Wildman–Crippen LogP) is 3.11. The minimum Gasteiger partial charge on any atom is -0.490 e. The monoisotopic (exact) mass is 208 g/mol. The van der Waals surface area contributed by atoms with Crippen molar-refractivity contribution < 1.29 is 9.47 Å². The molecule has 0 aliphatic heterocycles. The molecule has 0 aliphatic carbocycles. The standard InChI is InChI=1S/C13H20O2/c1-10-5-6-13(11(2)9-10)15-12(3)7-8-14-4/h5-6,9,12H,7-8H2,1-4H3. The van der Waals surface area contributed by atoms with E-state index < -0.39 is 0 Å². The van der Waals surface area contributed by atoms with Crippen LogP contribution in [0.3, 0.4) is 0 Å². The molecule has 0 amide bonds. The summed E-state index contributed by atoms with van der Waals surface area (Å²) in [6, 6.07) is 6.25. The van der Waals surface area contributed by atoms with Crippen LogP contribution in [0.25, 0.3) is 0 Å². The van der Waals surface area contributed by atoms with Gasteiger partial charge in [0.1, 0.15) is 5.75 Å². The molecule has 0 aromatic heterocycles. The fraction of sp³-hybridized carbons (Fsp3) is 0.538. The van der Waals surface area contributed by atoms with Crippen LogP contribution in [0, 0.1) is 13.8 Å². The zero-order valence-electron chi connectivity index (χ0n) is 10.0. The molecule has 0 fully saturated rings. The van der Waals surface area contributed by atoms with E-state index in [0.717, 1.165) is 18.8 Å². The number of rotatable bonds is 5. The van der Waals surface area contributed by atoms with Gasteiger partial charge < -0.3 is 9.47 Å². The summed E-state index contributed by atoms with van der Waals surface area (Å²) in [4.78, 5) is 0. The van der Waals surface area contributed by atoms with Crippen molar-refractivity contribution in [2.75, 3.05) is 13.7 Å². The normalized spacial score (nSPS) is 12.5. The van der Waals surface area contributed by atoms with Crippen molar-refractivity contribution >= 4 is 0 Å². The van der Waals surface area contributed by atoms with Gasteiger partial charge in [-0.2, -0.15) is 0 Å². The molecule has 0 radical (unpaired) electrons. The van der Waals surface area contributed by atoms with Crippen LogP contribution in [0.5, 0.6) is 5.75 Å². The summed E-state index contributed by atoms with van der Waals surface area (Å²) in [6.45, 7) is 6.97. The zero-order valence-corrected chi connectivity index (χ0v) is 10.0. The minimum absolute atomic E-state index is 0.200. The Morgan fingerprint density at radius 2 is 2.00 bits per heavy atom. The van der Waals surface area contributed by atoms with Crippen LogP contribution in [0.2, 0.25) is 0 Å². The Bertz CT molecular complexity index is 307. The van der Waals surface area contributed by atoms with E-state index in [9.17, 15) is 0 Å². The van der Waals surface area contributed by atoms with Crippen molar-refractivity contribution in [3.63, 3.8) is 0 Å². The first-order valence-corrected chi connectivity index (χ1v) is 5.36. The van der Waals surface area contributed by atoms with Gasteiger partial charge in [-0.05, 0) is 32.4 Å². The molecule has 0 aliphatic rings. The van der Waals surface area contributed by atoms with Crippen LogP contribution < -0.4 is 4.74 Å². The topological polar surface area (TPSA) is 18.5 Å². The Balaban J connectivity index is 2.56. The van der Waals surface area contributed by atoms with E-state index in [4.69, 9.17) is 9.47 Å². The molecular formula is C13H20O2. The van der Waals surface area contributed by atoms with Gasteiger partial charge >= 0.3 is 0 Å². The largest absolute Gasteiger partial charge is 0.490 e. The molecule has 2 nitrogen and oxygen atoms in total. The van der Waals surface area contributed by atoms with Crippen molar-refractivity contribution in [3.8, 4) is 5.75 Å². The maximum absolute atomic E-state index is 5.82. The molecule has 0 heterocycles. The number of ether oxygens (including phenoxy) is 2. The van der Waals surface area contributed by atoms with E-state index in [2.05, 4.69) is 32.9 Å². The third kappa shape index (κ3) is 3.92. The summed E-state index contributed by atoms with van der Waals surface area (Å²) in [6.07, 6.45) is 1.12. The minimum atomic E-state index is 0.200. The van der Waals surface area contributed by atoms with Gasteiger partial charge in [0.05, 0.1) is 6.10 Å². The molecule has 1 rings (SSSR count). The number of aryl methyl sites for hydroxylation is 2. The van der Waals surface area contributed by atoms with Gasteiger partial charge in [0.25, 0.3) is 0 Å². The third-order valence-corrected chi connectivity index (χ3v) is 2.39. The van der Waals surface area contributed by atoms with Gasteiger partial charge in [0, 0.05) is 20.1 Å². The summed E-state index contributed by atoms with van der Waals surface area (Å²) in [5.41, 5.74) is 2.46. The maximum atomic E-state index is 5.82. The molecule has 1 aromatic rings. The number of hydrogen-bond acceptors (Lipinski definition) is 2. The van der Waals surface area contributed by atoms with Crippen molar-refractivity contribution in [2.24, 2.45) is 0 Å². The van der Waals surface area contributed by atoms with E-state index in [1.54, 1.807) is 7.11 Å². The molecule has 84 valence electrons. The maximum Gasteiger partial charge on any atom is 0.122 e. The van der Waals surface area contributed by atoms with Crippen LogP contribution in [0.1, 0.15) is 24.5 Å². The van der Waals surface area contributed by atoms with E-state index in [-0.39, 0.29) is 6.10 Å². The second kappa shape index (κ2) is 5.76. The Morgan fingerprint density at radius 1 is 1.27 bits per heavy atom. The lowest BCUT2D eigenvalue weighted by Gasteiger charge is -2.16. The fourth-order valence-corrected chi connectivity index (χ4v) is 1.49. The highest BCUT2D eigenvalue weighted by atomic mass is 16.5. The zero-order chi connectivity index (χ0) is 11.3. The Morgan fingerprint density at radius 3 is 2.60 bits per heavy atom. The smallest absolute Gasteiger partial charge is 0.122 e. The van der Waals surface area contributed by atoms with Crippen molar-refractivity contribution in [1.82, 2.24) is 0 Å². The van der Waals surface area contributed by atoms with Crippen LogP contribution in [0.15, 0.2) is 18.2 Å². The predicted molar refractivity (Wildman–Crippen MR) is 62.5 cm³/mol. The van der Waals surface area contributed by atoms with Gasteiger partial charge in [-0.3, -0.25) is 0 Å². The Kier molecular flexibility index (Phi) is 4.63. The van der Waals surface area contributed by atoms with Crippen LogP contribution in [-0.4, -0.2) is 19.8 Å². The molecule has 0 saturated heterocycles. The lowest BCUT2D eigenvalue weighted by atomic mass is 10.1. The molecule has 1 atom stereocenters. The van der Waals surface area contributed by atoms with E-state index in [1.165, 1.54) is 11.1 Å². The molecule has 1 aromatic carbocycles. The average molecular weight is 208 g/mol. The first-order valence-electron chi connectivity index (χ1n) is 5.36. The molecule has 1 unspecified atom stereocenters. The van der Waals surface area contributed by atoms with Gasteiger partial charge in [0.2, 0.25) is 0 Å². The molecule has 2 heteroatoms. The second-order valence-electron chi connectivity index (χ2n) is 3.98. The Labute approximate surface area is 92.2 Å².